The van der Waals surface area contributed by atoms with Crippen molar-refractivity contribution in [3.8, 4) is 0 Å². The normalized spacial score (nSPS) is 29.3. The maximum absolute atomic E-state index is 11.9. The summed E-state index contributed by atoms with van der Waals surface area (Å²) in [7, 11) is 0. The molecule has 18 heavy (non-hydrogen) atoms. The van der Waals surface area contributed by atoms with Crippen molar-refractivity contribution in [1.29, 1.82) is 0 Å². The molecule has 8 heteroatoms. The van der Waals surface area contributed by atoms with Crippen molar-refractivity contribution in [2.24, 2.45) is 0 Å². The van der Waals surface area contributed by atoms with Crippen molar-refractivity contribution in [3.05, 3.63) is 0 Å². The highest BCUT2D eigenvalue weighted by molar-refractivity contribution is 5.83. The number of hydrazine groups is 1. The van der Waals surface area contributed by atoms with Gasteiger partial charge >= 0.3 is 12.0 Å². The van der Waals surface area contributed by atoms with Crippen LogP contribution in [-0.4, -0.2) is 77.1 Å². The molecule has 2 aliphatic rings. The minimum Gasteiger partial charge on any atom is -0.480 e. The summed E-state index contributed by atoms with van der Waals surface area (Å²) in [5.74, 6) is -1.09. The highest BCUT2D eigenvalue weighted by atomic mass is 16.5. The molecule has 0 aliphatic carbocycles. The molecule has 2 rings (SSSR count). The van der Waals surface area contributed by atoms with Gasteiger partial charge < -0.3 is 19.8 Å². The van der Waals surface area contributed by atoms with Crippen LogP contribution in [0.2, 0.25) is 0 Å². The maximum Gasteiger partial charge on any atom is 0.332 e. The van der Waals surface area contributed by atoms with Gasteiger partial charge in [-0.25, -0.2) is 14.6 Å². The first-order valence-electron chi connectivity index (χ1n) is 5.88. The number of morpholine rings is 1. The van der Waals surface area contributed by atoms with Crippen molar-refractivity contribution in [2.75, 3.05) is 32.8 Å². The molecule has 3 N–H and O–H groups in total. The van der Waals surface area contributed by atoms with E-state index in [-0.39, 0.29) is 13.0 Å². The number of ether oxygens (including phenoxy) is 1. The molecule has 2 amide bonds. The molecule has 0 aromatic carbocycles. The molecule has 0 radical (unpaired) electrons. The van der Waals surface area contributed by atoms with E-state index in [4.69, 9.17) is 9.84 Å². The summed E-state index contributed by atoms with van der Waals surface area (Å²) >= 11 is 0. The molecule has 2 fully saturated rings. The van der Waals surface area contributed by atoms with E-state index in [1.165, 1.54) is 0 Å². The van der Waals surface area contributed by atoms with Crippen LogP contribution < -0.4 is 5.43 Å². The number of likely N-dealkylation sites (tertiary alicyclic amines) is 1. The number of aliphatic hydroxyl groups is 1. The van der Waals surface area contributed by atoms with E-state index < -0.39 is 24.1 Å². The first-order chi connectivity index (χ1) is 8.58. The standard InChI is InChI=1S/C10H17N3O5/c14-7-5-8(9(15)16)13(6-7)10(17)11-12-1-3-18-4-2-12/h7-8,14H,1-6H2,(H,11,17)(H,15,16)/t7-,8-/m0/s1. The van der Waals surface area contributed by atoms with Gasteiger partial charge in [0.15, 0.2) is 0 Å². The topological polar surface area (TPSA) is 102 Å². The fourth-order valence-corrected chi connectivity index (χ4v) is 2.15. The summed E-state index contributed by atoms with van der Waals surface area (Å²) in [6.45, 7) is 2.25. The summed E-state index contributed by atoms with van der Waals surface area (Å²) in [5, 5.41) is 20.1. The molecular formula is C10H17N3O5. The van der Waals surface area contributed by atoms with Crippen molar-refractivity contribution in [3.63, 3.8) is 0 Å². The molecule has 2 aliphatic heterocycles. The number of hydrogen-bond donors (Lipinski definition) is 3. The van der Waals surface area contributed by atoms with Crippen LogP contribution in [0, 0.1) is 0 Å². The van der Waals surface area contributed by atoms with E-state index in [2.05, 4.69) is 5.43 Å². The zero-order valence-corrected chi connectivity index (χ0v) is 9.91. The molecular weight excluding hydrogens is 242 g/mol. The number of urea groups is 1. The number of nitrogens with zero attached hydrogens (tertiary/aromatic N) is 2. The van der Waals surface area contributed by atoms with Gasteiger partial charge in [-0.15, -0.1) is 0 Å². The van der Waals surface area contributed by atoms with Crippen LogP contribution in [0.15, 0.2) is 0 Å². The highest BCUT2D eigenvalue weighted by Gasteiger charge is 2.39. The fraction of sp³-hybridized carbons (Fsp3) is 0.800. The van der Waals surface area contributed by atoms with Crippen molar-refractivity contribution < 1.29 is 24.5 Å². The van der Waals surface area contributed by atoms with Gasteiger partial charge in [0.25, 0.3) is 0 Å². The second kappa shape index (κ2) is 5.51. The van der Waals surface area contributed by atoms with Crippen LogP contribution in [0.25, 0.3) is 0 Å². The monoisotopic (exact) mass is 259 g/mol. The zero-order valence-electron chi connectivity index (χ0n) is 9.91. The minimum absolute atomic E-state index is 0.0488. The summed E-state index contributed by atoms with van der Waals surface area (Å²) in [5.41, 5.74) is 2.63. The third kappa shape index (κ3) is 2.89. The summed E-state index contributed by atoms with van der Waals surface area (Å²) in [6, 6.07) is -1.44. The average molecular weight is 259 g/mol. The van der Waals surface area contributed by atoms with Gasteiger partial charge in [-0.2, -0.15) is 0 Å². The molecule has 0 unspecified atom stereocenters. The number of aliphatic hydroxyl groups excluding tert-OH is 1. The van der Waals surface area contributed by atoms with E-state index >= 15 is 0 Å². The number of carbonyl (C=O) groups is 2. The maximum atomic E-state index is 11.9. The number of nitrogens with one attached hydrogen (secondary N) is 1. The average Bonchev–Trinajstić information content (AvgIpc) is 2.73. The minimum atomic E-state index is -1.09. The predicted molar refractivity (Wildman–Crippen MR) is 59.7 cm³/mol. The van der Waals surface area contributed by atoms with Crippen LogP contribution in [0.3, 0.4) is 0 Å². The Bertz CT molecular complexity index is 331. The van der Waals surface area contributed by atoms with Gasteiger partial charge in [0.2, 0.25) is 0 Å². The summed E-state index contributed by atoms with van der Waals surface area (Å²) in [6.07, 6.45) is -0.701. The Balaban J connectivity index is 1.92. The largest absolute Gasteiger partial charge is 0.480 e. The molecule has 2 heterocycles. The number of β-amino-alcohol motifs (C(OH)–C–C–N with tert-alkyl or cyclic N) is 1. The molecule has 0 saturated carbocycles. The fourth-order valence-electron chi connectivity index (χ4n) is 2.15. The lowest BCUT2D eigenvalue weighted by Gasteiger charge is -2.30. The Morgan fingerprint density at radius 3 is 2.56 bits per heavy atom. The molecule has 102 valence electrons. The highest BCUT2D eigenvalue weighted by Crippen LogP contribution is 2.18. The predicted octanol–water partition coefficient (Wildman–Crippen LogP) is -1.54. The molecule has 0 bridgehead atoms. The number of carboxylic acid groups (broad SMARTS) is 1. The Labute approximate surface area is 104 Å². The number of amides is 2. The van der Waals surface area contributed by atoms with Crippen LogP contribution in [-0.2, 0) is 9.53 Å². The van der Waals surface area contributed by atoms with Crippen LogP contribution in [0.5, 0.6) is 0 Å². The third-order valence-corrected chi connectivity index (χ3v) is 3.09. The number of hydrogen-bond acceptors (Lipinski definition) is 5. The number of carboxylic acids is 1. The second-order valence-corrected chi connectivity index (χ2v) is 4.41. The van der Waals surface area contributed by atoms with E-state index in [0.29, 0.717) is 26.3 Å². The Hall–Kier alpha value is -1.38. The van der Waals surface area contributed by atoms with Gasteiger partial charge in [0.1, 0.15) is 6.04 Å². The Morgan fingerprint density at radius 1 is 1.28 bits per heavy atom. The quantitative estimate of drug-likeness (QED) is 0.555. The van der Waals surface area contributed by atoms with Gasteiger partial charge in [-0.1, -0.05) is 0 Å². The lowest BCUT2D eigenvalue weighted by atomic mass is 10.2. The van der Waals surface area contributed by atoms with Crippen molar-refractivity contribution >= 4 is 12.0 Å². The second-order valence-electron chi connectivity index (χ2n) is 4.41. The van der Waals surface area contributed by atoms with E-state index in [9.17, 15) is 14.7 Å². The van der Waals surface area contributed by atoms with Gasteiger partial charge in [0.05, 0.1) is 19.3 Å². The third-order valence-electron chi connectivity index (χ3n) is 3.09. The first kappa shape index (κ1) is 13.1. The molecule has 2 atom stereocenters. The molecule has 0 spiro atoms. The lowest BCUT2D eigenvalue weighted by molar-refractivity contribution is -0.141. The van der Waals surface area contributed by atoms with Crippen LogP contribution in [0.1, 0.15) is 6.42 Å². The number of aliphatic carboxylic acids is 1. The summed E-state index contributed by atoms with van der Waals surface area (Å²) < 4.78 is 5.14. The van der Waals surface area contributed by atoms with Crippen molar-refractivity contribution in [1.82, 2.24) is 15.3 Å². The Kier molecular flexibility index (Phi) is 4.00. The van der Waals surface area contributed by atoms with E-state index in [0.717, 1.165) is 4.90 Å². The smallest absolute Gasteiger partial charge is 0.332 e. The van der Waals surface area contributed by atoms with Crippen molar-refractivity contribution in [2.45, 2.75) is 18.6 Å². The summed E-state index contributed by atoms with van der Waals surface area (Å²) in [4.78, 5) is 24.1. The number of rotatable bonds is 2. The molecule has 8 nitrogen and oxygen atoms in total. The molecule has 2 saturated heterocycles. The van der Waals surface area contributed by atoms with Gasteiger partial charge in [0, 0.05) is 26.1 Å². The van der Waals surface area contributed by atoms with E-state index in [1.54, 1.807) is 5.01 Å². The van der Waals surface area contributed by atoms with Crippen LogP contribution in [0.4, 0.5) is 4.79 Å². The van der Waals surface area contributed by atoms with Crippen LogP contribution >= 0.6 is 0 Å². The Morgan fingerprint density at radius 2 is 1.94 bits per heavy atom. The van der Waals surface area contributed by atoms with E-state index in [1.807, 2.05) is 0 Å². The number of carbonyl (C=O) groups excluding carboxylic acids is 1. The zero-order chi connectivity index (χ0) is 13.1. The molecule has 0 aromatic rings. The lowest BCUT2D eigenvalue weighted by Crippen LogP contribution is -2.54. The van der Waals surface area contributed by atoms with Gasteiger partial charge in [-0.3, -0.25) is 5.43 Å². The first-order valence-corrected chi connectivity index (χ1v) is 5.88. The molecule has 0 aromatic heterocycles. The van der Waals surface area contributed by atoms with Gasteiger partial charge in [-0.05, 0) is 0 Å². The SMILES string of the molecule is O=C(O)[C@@H]1C[C@H](O)CN1C(=O)NN1CCOCC1.